The van der Waals surface area contributed by atoms with Crippen molar-refractivity contribution in [3.8, 4) is 5.75 Å². The summed E-state index contributed by atoms with van der Waals surface area (Å²) in [4.78, 5) is 15.5. The summed E-state index contributed by atoms with van der Waals surface area (Å²) in [6, 6.07) is 4.07. The highest BCUT2D eigenvalue weighted by Gasteiger charge is 2.57. The van der Waals surface area contributed by atoms with Gasteiger partial charge in [-0.1, -0.05) is 6.07 Å². The highest BCUT2D eigenvalue weighted by atomic mass is 32.2. The second-order valence-corrected chi connectivity index (χ2v) is 14.8. The molecule has 15 heteroatoms. The Morgan fingerprint density at radius 3 is 2.77 bits per heavy atom. The second kappa shape index (κ2) is 9.53. The van der Waals surface area contributed by atoms with Gasteiger partial charge in [0.1, 0.15) is 21.2 Å². The van der Waals surface area contributed by atoms with Crippen molar-refractivity contribution in [1.82, 2.24) is 9.62 Å². The highest BCUT2D eigenvalue weighted by Crippen LogP contribution is 2.55. The molecule has 4 atom stereocenters. The molecule has 2 bridgehead atoms. The van der Waals surface area contributed by atoms with E-state index in [9.17, 15) is 31.1 Å². The minimum absolute atomic E-state index is 0.0425. The average molecular weight is 611 g/mol. The molecule has 214 valence electrons. The number of nitrogens with zero attached hydrogens (tertiary/aromatic N) is 2. The molecule has 11 nitrogen and oxygen atoms in total. The topological polar surface area (TPSA) is 154 Å². The molecule has 1 aromatic heterocycles. The number of nitrogens with one attached hydrogen (secondary N) is 2. The number of ether oxygens (including phenoxy) is 1. The molecule has 3 N–H and O–H groups in total. The molecular formula is C25H27FN4O7S3. The van der Waals surface area contributed by atoms with Crippen LogP contribution in [-0.2, 0) is 37.9 Å². The van der Waals surface area contributed by atoms with Gasteiger partial charge >= 0.3 is 0 Å². The normalized spacial score (nSPS) is 26.8. The third-order valence-electron chi connectivity index (χ3n) is 8.13. The maximum atomic E-state index is 14.1. The van der Waals surface area contributed by atoms with Crippen molar-refractivity contribution in [1.29, 1.82) is 0 Å². The van der Waals surface area contributed by atoms with Gasteiger partial charge in [0.15, 0.2) is 17.4 Å². The third kappa shape index (κ3) is 4.48. The summed E-state index contributed by atoms with van der Waals surface area (Å²) in [6.07, 6.45) is 3.61. The first-order valence-corrected chi connectivity index (χ1v) is 16.8. The molecule has 4 aliphatic rings. The molecule has 0 radical (unpaired) electrons. The van der Waals surface area contributed by atoms with Crippen molar-refractivity contribution < 1.29 is 35.9 Å². The molecule has 40 heavy (non-hydrogen) atoms. The number of halogens is 1. The largest absolute Gasteiger partial charge is 0.511 e. The molecule has 2 fully saturated rings. The lowest BCUT2D eigenvalue weighted by Crippen LogP contribution is -2.53. The predicted octanol–water partition coefficient (Wildman–Crippen LogP) is 2.73. The lowest BCUT2D eigenvalue weighted by Gasteiger charge is -2.44. The standard InChI is InChI=1S/C25H27FN4O7S3/c1-37-17-7-12(3-6-16(17)26)10-30-20-14-5-4-13(8-14)18(20)21(31)19(25(30)32)23-28-24-22(40(35,36)29-23)15(11-38-24)9-27-39(2,33)34/h3,6-7,11,13-14,18,20,27,31H,4-5,8-10H2,1-2H3,(H,28,29)/t13-,14+,18?,20?/m1/s1. The molecule has 2 saturated carbocycles. The number of sulfonamides is 2. The van der Waals surface area contributed by atoms with E-state index in [1.165, 1.54) is 24.6 Å². The van der Waals surface area contributed by atoms with Crippen LogP contribution in [0.1, 0.15) is 30.4 Å². The number of rotatable bonds is 7. The van der Waals surface area contributed by atoms with E-state index in [-0.39, 0.29) is 75.3 Å². The molecule has 2 aromatic rings. The number of hydrogen-bond donors (Lipinski definition) is 3. The van der Waals surface area contributed by atoms with Crippen LogP contribution in [0, 0.1) is 23.6 Å². The number of hydrogen-bond acceptors (Lipinski definition) is 9. The summed E-state index contributed by atoms with van der Waals surface area (Å²) in [5.41, 5.74) is 0.638. The molecule has 1 amide bonds. The highest BCUT2D eigenvalue weighted by molar-refractivity contribution is 7.91. The van der Waals surface area contributed by atoms with Crippen molar-refractivity contribution in [3.63, 3.8) is 0 Å². The number of benzene rings is 1. The van der Waals surface area contributed by atoms with Gasteiger partial charge in [-0.3, -0.25) is 4.79 Å². The number of thiophene rings is 1. The van der Waals surface area contributed by atoms with Gasteiger partial charge in [0, 0.05) is 30.6 Å². The second-order valence-electron chi connectivity index (χ2n) is 10.6. The number of carbonyl (C=O) groups excluding carboxylic acids is 1. The van der Waals surface area contributed by atoms with Crippen molar-refractivity contribution in [3.05, 3.63) is 51.9 Å². The SMILES string of the molecule is COc1cc(CN2C(=O)C(C3=NS(=O)(=O)c4c(CNS(C)(=O)=O)csc4N3)=C(O)C3C2[C@H]2CC[C@@H]3C2)ccc1F. The Kier molecular flexibility index (Phi) is 6.48. The fourth-order valence-electron chi connectivity index (χ4n) is 6.54. The van der Waals surface area contributed by atoms with E-state index >= 15 is 0 Å². The molecule has 2 unspecified atom stereocenters. The van der Waals surface area contributed by atoms with Crippen molar-refractivity contribution in [2.24, 2.45) is 22.2 Å². The molecule has 2 aliphatic carbocycles. The lowest BCUT2D eigenvalue weighted by molar-refractivity contribution is -0.134. The average Bonchev–Trinajstić information content (AvgIpc) is 3.61. The molecule has 1 aromatic carbocycles. The Morgan fingerprint density at radius 1 is 1.30 bits per heavy atom. The summed E-state index contributed by atoms with van der Waals surface area (Å²) in [6.45, 7) is -0.132. The maximum absolute atomic E-state index is 14.1. The van der Waals surface area contributed by atoms with Gasteiger partial charge < -0.3 is 20.1 Å². The van der Waals surface area contributed by atoms with Crippen molar-refractivity contribution >= 4 is 48.1 Å². The molecule has 3 heterocycles. The van der Waals surface area contributed by atoms with Gasteiger partial charge in [0.25, 0.3) is 15.9 Å². The van der Waals surface area contributed by atoms with Gasteiger partial charge in [-0.25, -0.2) is 17.5 Å². The zero-order valence-electron chi connectivity index (χ0n) is 21.5. The number of amidine groups is 1. The minimum atomic E-state index is -4.34. The Balaban J connectivity index is 1.39. The van der Waals surface area contributed by atoms with E-state index < -0.39 is 31.8 Å². The fourth-order valence-corrected chi connectivity index (χ4v) is 9.56. The Bertz CT molecular complexity index is 1700. The Hall–Kier alpha value is -3.01. The van der Waals surface area contributed by atoms with Gasteiger partial charge in [-0.05, 0) is 54.2 Å². The minimum Gasteiger partial charge on any atom is -0.511 e. The van der Waals surface area contributed by atoms with Crippen LogP contribution in [0.5, 0.6) is 5.75 Å². The molecule has 0 spiro atoms. The summed E-state index contributed by atoms with van der Waals surface area (Å²) in [5.74, 6) is -1.57. The smallest absolute Gasteiger partial charge is 0.287 e. The lowest BCUT2D eigenvalue weighted by atomic mass is 9.77. The predicted molar refractivity (Wildman–Crippen MR) is 146 cm³/mol. The van der Waals surface area contributed by atoms with E-state index in [0.29, 0.717) is 5.56 Å². The first-order chi connectivity index (χ1) is 18.9. The Morgan fingerprint density at radius 2 is 2.05 bits per heavy atom. The number of anilines is 1. The zero-order chi connectivity index (χ0) is 28.6. The summed E-state index contributed by atoms with van der Waals surface area (Å²) in [5, 5.41) is 16.0. The first-order valence-electron chi connectivity index (χ1n) is 12.6. The quantitative estimate of drug-likeness (QED) is 0.433. The summed E-state index contributed by atoms with van der Waals surface area (Å²) < 4.78 is 75.0. The van der Waals surface area contributed by atoms with Gasteiger partial charge in [0.2, 0.25) is 10.0 Å². The number of fused-ring (bicyclic) bond motifs is 6. The molecule has 2 aliphatic heterocycles. The van der Waals surface area contributed by atoms with E-state index in [1.807, 2.05) is 0 Å². The third-order valence-corrected chi connectivity index (χ3v) is 11.3. The van der Waals surface area contributed by atoms with Crippen LogP contribution in [0.15, 0.2) is 44.2 Å². The van der Waals surface area contributed by atoms with Crippen molar-refractivity contribution in [2.75, 3.05) is 18.7 Å². The van der Waals surface area contributed by atoms with E-state index in [4.69, 9.17) is 4.74 Å². The van der Waals surface area contributed by atoms with Crippen LogP contribution < -0.4 is 14.8 Å². The monoisotopic (exact) mass is 610 g/mol. The van der Waals surface area contributed by atoms with Gasteiger partial charge in [0.05, 0.1) is 13.4 Å². The van der Waals surface area contributed by atoms with Crippen molar-refractivity contribution in [2.45, 2.75) is 43.3 Å². The van der Waals surface area contributed by atoms with Gasteiger partial charge in [-0.2, -0.15) is 8.42 Å². The fraction of sp³-hybridized carbons (Fsp3) is 0.440. The number of aliphatic hydroxyl groups excluding tert-OH is 1. The van der Waals surface area contributed by atoms with Crippen LogP contribution in [0.2, 0.25) is 0 Å². The molecular weight excluding hydrogens is 583 g/mol. The van der Waals surface area contributed by atoms with Crippen LogP contribution in [0.25, 0.3) is 0 Å². The van der Waals surface area contributed by atoms with E-state index in [1.54, 1.807) is 11.0 Å². The van der Waals surface area contributed by atoms with Crippen LogP contribution in [-0.4, -0.2) is 58.0 Å². The zero-order valence-corrected chi connectivity index (χ0v) is 24.0. The number of methoxy groups -OCH3 is 1. The van der Waals surface area contributed by atoms with Gasteiger partial charge in [-0.15, -0.1) is 15.7 Å². The first kappa shape index (κ1) is 27.2. The number of aliphatic hydroxyl groups is 1. The van der Waals surface area contributed by atoms with E-state index in [2.05, 4.69) is 14.4 Å². The molecule has 6 rings (SSSR count). The molecule has 0 saturated heterocycles. The van der Waals surface area contributed by atoms with Crippen LogP contribution in [0.3, 0.4) is 0 Å². The van der Waals surface area contributed by atoms with Crippen LogP contribution >= 0.6 is 11.3 Å². The number of amides is 1. The van der Waals surface area contributed by atoms with E-state index in [0.717, 1.165) is 36.9 Å². The summed E-state index contributed by atoms with van der Waals surface area (Å²) in [7, 11) is -6.56. The summed E-state index contributed by atoms with van der Waals surface area (Å²) >= 11 is 1.03. The maximum Gasteiger partial charge on any atom is 0.287 e. The van der Waals surface area contributed by atoms with Crippen LogP contribution in [0.4, 0.5) is 9.39 Å². The Labute approximate surface area is 234 Å². The number of carbonyl (C=O) groups is 1.